The lowest BCUT2D eigenvalue weighted by Gasteiger charge is -2.31. The van der Waals surface area contributed by atoms with Crippen molar-refractivity contribution in [3.8, 4) is 0 Å². The zero-order valence-electron chi connectivity index (χ0n) is 20.7. The van der Waals surface area contributed by atoms with Crippen LogP contribution in [-0.4, -0.2) is 78.3 Å². The number of carbonyl (C=O) groups excluding carboxylic acids is 2. The van der Waals surface area contributed by atoms with E-state index in [2.05, 4.69) is 10.0 Å². The molecule has 9 heteroatoms. The second-order valence-corrected chi connectivity index (χ2v) is 9.40. The molecule has 0 unspecified atom stereocenters. The zero-order valence-corrected chi connectivity index (χ0v) is 20.7. The van der Waals surface area contributed by atoms with Gasteiger partial charge in [0.2, 0.25) is 5.91 Å². The van der Waals surface area contributed by atoms with Gasteiger partial charge in [0.25, 0.3) is 5.91 Å². The van der Waals surface area contributed by atoms with E-state index in [0.29, 0.717) is 43.1 Å². The summed E-state index contributed by atoms with van der Waals surface area (Å²) in [6.07, 6.45) is 0.282. The van der Waals surface area contributed by atoms with Gasteiger partial charge >= 0.3 is 0 Å². The number of halogens is 2. The van der Waals surface area contributed by atoms with Crippen molar-refractivity contribution < 1.29 is 23.1 Å². The molecule has 2 aliphatic rings. The molecule has 1 saturated heterocycles. The van der Waals surface area contributed by atoms with Crippen molar-refractivity contribution in [2.24, 2.45) is 11.0 Å². The van der Waals surface area contributed by atoms with Gasteiger partial charge in [-0.25, -0.2) is 13.8 Å². The normalized spacial score (nSPS) is 18.4. The molecule has 1 fully saturated rings. The first-order valence-electron chi connectivity index (χ1n) is 12.3. The SMILES string of the molecule is CC(C)C(=O)N(CCN1CCOCC1)CC(=O)N1N=C(c2ccccc2F)C[C@@H]1c1ccc(F)cc1. The van der Waals surface area contributed by atoms with Crippen molar-refractivity contribution in [1.82, 2.24) is 14.8 Å². The Morgan fingerprint density at radius 1 is 1.08 bits per heavy atom. The lowest BCUT2D eigenvalue weighted by atomic mass is 9.98. The Bertz CT molecular complexity index is 1100. The highest BCUT2D eigenvalue weighted by Gasteiger charge is 2.35. The summed E-state index contributed by atoms with van der Waals surface area (Å²) in [6.45, 7) is 7.38. The maximum absolute atomic E-state index is 14.5. The molecule has 192 valence electrons. The number of ether oxygens (including phenoxy) is 1. The van der Waals surface area contributed by atoms with Crippen molar-refractivity contribution >= 4 is 17.5 Å². The zero-order chi connectivity index (χ0) is 25.7. The second-order valence-electron chi connectivity index (χ2n) is 9.40. The predicted octanol–water partition coefficient (Wildman–Crippen LogP) is 3.46. The Balaban J connectivity index is 1.57. The number of morpholine rings is 1. The van der Waals surface area contributed by atoms with E-state index in [1.165, 1.54) is 23.2 Å². The molecule has 4 rings (SSSR count). The van der Waals surface area contributed by atoms with Gasteiger partial charge < -0.3 is 9.64 Å². The number of hydrogen-bond donors (Lipinski definition) is 0. The molecular weight excluding hydrogens is 466 g/mol. The molecule has 0 aliphatic carbocycles. The number of benzene rings is 2. The summed E-state index contributed by atoms with van der Waals surface area (Å²) in [4.78, 5) is 30.3. The Morgan fingerprint density at radius 3 is 2.44 bits per heavy atom. The monoisotopic (exact) mass is 498 g/mol. The lowest BCUT2D eigenvalue weighted by Crippen LogP contribution is -2.47. The van der Waals surface area contributed by atoms with Gasteiger partial charge in [-0.05, 0) is 23.8 Å². The van der Waals surface area contributed by atoms with E-state index in [9.17, 15) is 18.4 Å². The number of rotatable bonds is 8. The molecule has 36 heavy (non-hydrogen) atoms. The van der Waals surface area contributed by atoms with Crippen LogP contribution in [-0.2, 0) is 14.3 Å². The minimum Gasteiger partial charge on any atom is -0.379 e. The van der Waals surface area contributed by atoms with Crippen LogP contribution >= 0.6 is 0 Å². The fraction of sp³-hybridized carbons (Fsp3) is 0.444. The molecule has 0 N–H and O–H groups in total. The van der Waals surface area contributed by atoms with Gasteiger partial charge in [0.1, 0.15) is 18.2 Å². The van der Waals surface area contributed by atoms with E-state index in [-0.39, 0.29) is 36.5 Å². The van der Waals surface area contributed by atoms with Crippen molar-refractivity contribution in [3.63, 3.8) is 0 Å². The molecule has 0 saturated carbocycles. The van der Waals surface area contributed by atoms with Crippen molar-refractivity contribution in [2.75, 3.05) is 45.9 Å². The van der Waals surface area contributed by atoms with Crippen LogP contribution in [0.3, 0.4) is 0 Å². The highest BCUT2D eigenvalue weighted by molar-refractivity contribution is 6.03. The summed E-state index contributed by atoms with van der Waals surface area (Å²) in [5.41, 5.74) is 1.45. The molecule has 2 aromatic rings. The molecule has 0 aromatic heterocycles. The molecular formula is C27H32F2N4O3. The van der Waals surface area contributed by atoms with Crippen LogP contribution in [0.1, 0.15) is 37.4 Å². The third-order valence-electron chi connectivity index (χ3n) is 6.53. The minimum atomic E-state index is -0.525. The van der Waals surface area contributed by atoms with Crippen molar-refractivity contribution in [2.45, 2.75) is 26.3 Å². The number of carbonyl (C=O) groups is 2. The van der Waals surface area contributed by atoms with Crippen LogP contribution in [0, 0.1) is 17.6 Å². The number of hydrogen-bond acceptors (Lipinski definition) is 5. The molecule has 1 atom stereocenters. The van der Waals surface area contributed by atoms with E-state index in [1.807, 2.05) is 0 Å². The minimum absolute atomic E-state index is 0.118. The van der Waals surface area contributed by atoms with Crippen molar-refractivity contribution in [3.05, 3.63) is 71.3 Å². The predicted molar refractivity (Wildman–Crippen MR) is 132 cm³/mol. The van der Waals surface area contributed by atoms with E-state index in [1.54, 1.807) is 49.1 Å². The molecule has 2 heterocycles. The van der Waals surface area contributed by atoms with Crippen LogP contribution in [0.4, 0.5) is 8.78 Å². The summed E-state index contributed by atoms with van der Waals surface area (Å²) in [5.74, 6) is -1.57. The topological polar surface area (TPSA) is 65.5 Å². The van der Waals surface area contributed by atoms with Gasteiger partial charge in [-0.15, -0.1) is 0 Å². The summed E-state index contributed by atoms with van der Waals surface area (Å²) in [5, 5.41) is 5.83. The Kier molecular flexibility index (Phi) is 8.43. The summed E-state index contributed by atoms with van der Waals surface area (Å²) in [7, 11) is 0. The third kappa shape index (κ3) is 6.14. The van der Waals surface area contributed by atoms with Gasteiger partial charge in [-0.1, -0.05) is 44.2 Å². The Morgan fingerprint density at radius 2 is 1.78 bits per heavy atom. The quantitative estimate of drug-likeness (QED) is 0.559. The van der Waals surface area contributed by atoms with Gasteiger partial charge in [0.05, 0.1) is 25.0 Å². The van der Waals surface area contributed by atoms with Gasteiger partial charge in [-0.2, -0.15) is 5.10 Å². The first kappa shape index (κ1) is 25.9. The van der Waals surface area contributed by atoms with Crippen LogP contribution in [0.5, 0.6) is 0 Å². The maximum atomic E-state index is 14.5. The average Bonchev–Trinajstić information content (AvgIpc) is 3.32. The Hall–Kier alpha value is -3.17. The summed E-state index contributed by atoms with van der Waals surface area (Å²) in [6, 6.07) is 11.6. The maximum Gasteiger partial charge on any atom is 0.262 e. The first-order valence-corrected chi connectivity index (χ1v) is 12.3. The number of nitrogens with zero attached hydrogens (tertiary/aromatic N) is 4. The highest BCUT2D eigenvalue weighted by atomic mass is 19.1. The molecule has 0 radical (unpaired) electrons. The van der Waals surface area contributed by atoms with E-state index >= 15 is 0 Å². The smallest absolute Gasteiger partial charge is 0.262 e. The second kappa shape index (κ2) is 11.7. The number of hydrazone groups is 1. The fourth-order valence-electron chi connectivity index (χ4n) is 4.50. The summed E-state index contributed by atoms with van der Waals surface area (Å²) < 4.78 is 33.5. The van der Waals surface area contributed by atoms with Crippen LogP contribution in [0.2, 0.25) is 0 Å². The average molecular weight is 499 g/mol. The van der Waals surface area contributed by atoms with Crippen molar-refractivity contribution in [1.29, 1.82) is 0 Å². The highest BCUT2D eigenvalue weighted by Crippen LogP contribution is 2.33. The van der Waals surface area contributed by atoms with Gasteiger partial charge in [-0.3, -0.25) is 14.5 Å². The Labute approximate surface area is 210 Å². The van der Waals surface area contributed by atoms with Gasteiger partial charge in [0, 0.05) is 44.1 Å². The van der Waals surface area contributed by atoms with Crippen LogP contribution in [0.25, 0.3) is 0 Å². The largest absolute Gasteiger partial charge is 0.379 e. The molecule has 0 spiro atoms. The van der Waals surface area contributed by atoms with Crippen LogP contribution in [0.15, 0.2) is 53.6 Å². The molecule has 2 amide bonds. The molecule has 0 bridgehead atoms. The van der Waals surface area contributed by atoms with Gasteiger partial charge in [0.15, 0.2) is 0 Å². The fourth-order valence-corrected chi connectivity index (χ4v) is 4.50. The van der Waals surface area contributed by atoms with E-state index in [0.717, 1.165) is 13.1 Å². The first-order chi connectivity index (χ1) is 17.3. The third-order valence-corrected chi connectivity index (χ3v) is 6.53. The number of amides is 2. The van der Waals surface area contributed by atoms with E-state index < -0.39 is 11.9 Å². The molecule has 7 nitrogen and oxygen atoms in total. The summed E-state index contributed by atoms with van der Waals surface area (Å²) >= 11 is 0. The van der Waals surface area contributed by atoms with Crippen LogP contribution < -0.4 is 0 Å². The standard InChI is InChI=1S/C27H32F2N4O3/c1-19(2)27(35)32(12-11-31-13-15-36-16-14-31)18-26(34)33-25(20-7-9-21(28)10-8-20)17-24(30-33)22-5-3-4-6-23(22)29/h3-10,19,25H,11-18H2,1-2H3/t25-/m1/s1. The lowest BCUT2D eigenvalue weighted by molar-refractivity contribution is -0.143. The molecule has 2 aromatic carbocycles. The molecule has 2 aliphatic heterocycles. The van der Waals surface area contributed by atoms with E-state index in [4.69, 9.17) is 4.74 Å².